The van der Waals surface area contributed by atoms with Crippen molar-refractivity contribution in [1.82, 2.24) is 20.2 Å². The van der Waals surface area contributed by atoms with Crippen LogP contribution in [0.5, 0.6) is 0 Å². The lowest BCUT2D eigenvalue weighted by molar-refractivity contribution is -0.137. The number of hydrogen-bond donors (Lipinski definition) is 1. The molecule has 0 bridgehead atoms. The van der Waals surface area contributed by atoms with Gasteiger partial charge in [-0.2, -0.15) is 0 Å². The van der Waals surface area contributed by atoms with Crippen LogP contribution in [-0.4, -0.2) is 31.3 Å². The van der Waals surface area contributed by atoms with Crippen molar-refractivity contribution in [2.24, 2.45) is 0 Å². The van der Waals surface area contributed by atoms with Gasteiger partial charge in [0.2, 0.25) is 0 Å². The molecule has 0 radical (unpaired) electrons. The highest BCUT2D eigenvalue weighted by Crippen LogP contribution is 2.21. The van der Waals surface area contributed by atoms with Gasteiger partial charge in [0.05, 0.1) is 13.0 Å². The van der Waals surface area contributed by atoms with E-state index in [1.807, 2.05) is 24.3 Å². The van der Waals surface area contributed by atoms with Gasteiger partial charge in [-0.1, -0.05) is 31.2 Å². The molecule has 0 aliphatic carbocycles. The second-order valence-electron chi connectivity index (χ2n) is 3.88. The molecule has 0 fully saturated rings. The van der Waals surface area contributed by atoms with Crippen molar-refractivity contribution in [3.63, 3.8) is 0 Å². The lowest BCUT2D eigenvalue weighted by Crippen LogP contribution is -2.08. The second kappa shape index (κ2) is 5.39. The molecule has 1 heterocycles. The fraction of sp³-hybridized carbons (Fsp3) is 0.333. The molecule has 18 heavy (non-hydrogen) atoms. The van der Waals surface area contributed by atoms with Gasteiger partial charge in [-0.3, -0.25) is 4.79 Å². The average Bonchev–Trinajstić information content (AvgIpc) is 2.84. The first kappa shape index (κ1) is 12.2. The largest absolute Gasteiger partial charge is 0.481 e. The molecule has 0 unspecified atom stereocenters. The summed E-state index contributed by atoms with van der Waals surface area (Å²) in [5.41, 5.74) is 2.10. The van der Waals surface area contributed by atoms with Crippen LogP contribution in [0.1, 0.15) is 18.9 Å². The standard InChI is InChI=1S/C12H14N4O2/c1-2-9-5-3-4-6-10(9)12-13-14-15-16(12)8-7-11(17)18/h3-6H,2,7-8H2,1H3,(H,17,18). The molecule has 0 saturated carbocycles. The summed E-state index contributed by atoms with van der Waals surface area (Å²) in [6.07, 6.45) is 0.883. The maximum Gasteiger partial charge on any atom is 0.305 e. The van der Waals surface area contributed by atoms with Crippen LogP contribution in [-0.2, 0) is 17.8 Å². The summed E-state index contributed by atoms with van der Waals surface area (Å²) in [4.78, 5) is 10.6. The fourth-order valence-electron chi connectivity index (χ4n) is 1.80. The summed E-state index contributed by atoms with van der Waals surface area (Å²) in [6, 6.07) is 7.85. The molecule has 0 amide bonds. The zero-order valence-corrected chi connectivity index (χ0v) is 10.1. The molecule has 0 atom stereocenters. The minimum absolute atomic E-state index is 0.00628. The van der Waals surface area contributed by atoms with Crippen molar-refractivity contribution in [3.8, 4) is 11.4 Å². The number of aryl methyl sites for hydroxylation is 2. The minimum Gasteiger partial charge on any atom is -0.481 e. The summed E-state index contributed by atoms with van der Waals surface area (Å²) in [5, 5.41) is 20.1. The van der Waals surface area contributed by atoms with Crippen molar-refractivity contribution in [3.05, 3.63) is 29.8 Å². The summed E-state index contributed by atoms with van der Waals surface area (Å²) in [7, 11) is 0. The van der Waals surface area contributed by atoms with Gasteiger partial charge in [-0.15, -0.1) is 5.10 Å². The Balaban J connectivity index is 2.33. The molecular weight excluding hydrogens is 232 g/mol. The van der Waals surface area contributed by atoms with E-state index in [9.17, 15) is 4.79 Å². The topological polar surface area (TPSA) is 80.9 Å². The number of tetrazole rings is 1. The third-order valence-corrected chi connectivity index (χ3v) is 2.71. The Morgan fingerprint density at radius 2 is 2.17 bits per heavy atom. The maximum absolute atomic E-state index is 10.6. The number of carbonyl (C=O) groups is 1. The van der Waals surface area contributed by atoms with Crippen LogP contribution >= 0.6 is 0 Å². The lowest BCUT2D eigenvalue weighted by Gasteiger charge is -2.07. The molecule has 2 aromatic rings. The Kier molecular flexibility index (Phi) is 3.66. The molecule has 1 aromatic heterocycles. The monoisotopic (exact) mass is 246 g/mol. The number of aliphatic carboxylic acids is 1. The van der Waals surface area contributed by atoms with Crippen LogP contribution in [0.25, 0.3) is 11.4 Å². The molecule has 1 N–H and O–H groups in total. The number of rotatable bonds is 5. The molecule has 0 aliphatic heterocycles. The fourth-order valence-corrected chi connectivity index (χ4v) is 1.80. The third kappa shape index (κ3) is 2.53. The molecular formula is C12H14N4O2. The average molecular weight is 246 g/mol. The van der Waals surface area contributed by atoms with E-state index in [2.05, 4.69) is 22.4 Å². The zero-order valence-electron chi connectivity index (χ0n) is 10.1. The highest BCUT2D eigenvalue weighted by Gasteiger charge is 2.12. The predicted octanol–water partition coefficient (Wildman–Crippen LogP) is 1.38. The van der Waals surface area contributed by atoms with Crippen molar-refractivity contribution < 1.29 is 9.90 Å². The van der Waals surface area contributed by atoms with Crippen molar-refractivity contribution in [2.45, 2.75) is 26.3 Å². The van der Waals surface area contributed by atoms with Crippen molar-refractivity contribution >= 4 is 5.97 Å². The van der Waals surface area contributed by atoms with Gasteiger partial charge in [0.1, 0.15) is 0 Å². The van der Waals surface area contributed by atoms with Crippen LogP contribution < -0.4 is 0 Å². The molecule has 6 nitrogen and oxygen atoms in total. The minimum atomic E-state index is -0.861. The Morgan fingerprint density at radius 3 is 2.89 bits per heavy atom. The summed E-state index contributed by atoms with van der Waals surface area (Å²) < 4.78 is 1.53. The molecule has 94 valence electrons. The second-order valence-corrected chi connectivity index (χ2v) is 3.88. The van der Waals surface area contributed by atoms with E-state index in [0.29, 0.717) is 5.82 Å². The van der Waals surface area contributed by atoms with Gasteiger partial charge >= 0.3 is 5.97 Å². The van der Waals surface area contributed by atoms with Crippen molar-refractivity contribution in [1.29, 1.82) is 0 Å². The zero-order chi connectivity index (χ0) is 13.0. The van der Waals surface area contributed by atoms with Crippen LogP contribution in [0, 0.1) is 0 Å². The number of benzene rings is 1. The number of carboxylic acid groups (broad SMARTS) is 1. The van der Waals surface area contributed by atoms with E-state index in [1.165, 1.54) is 4.68 Å². The summed E-state index contributed by atoms with van der Waals surface area (Å²) >= 11 is 0. The van der Waals surface area contributed by atoms with Crippen molar-refractivity contribution in [2.75, 3.05) is 0 Å². The number of hydrogen-bond acceptors (Lipinski definition) is 4. The number of nitrogens with zero attached hydrogens (tertiary/aromatic N) is 4. The van der Waals surface area contributed by atoms with Gasteiger partial charge in [0.25, 0.3) is 0 Å². The van der Waals surface area contributed by atoms with Gasteiger partial charge in [0, 0.05) is 5.56 Å². The number of carboxylic acids is 1. The smallest absolute Gasteiger partial charge is 0.305 e. The van der Waals surface area contributed by atoms with Gasteiger partial charge in [-0.05, 0) is 22.4 Å². The van der Waals surface area contributed by atoms with Crippen LogP contribution in [0.4, 0.5) is 0 Å². The highest BCUT2D eigenvalue weighted by molar-refractivity contribution is 5.66. The first-order chi connectivity index (χ1) is 8.72. The van der Waals surface area contributed by atoms with E-state index in [-0.39, 0.29) is 13.0 Å². The Labute approximate surface area is 104 Å². The lowest BCUT2D eigenvalue weighted by atomic mass is 10.0. The molecule has 0 saturated heterocycles. The van der Waals surface area contributed by atoms with E-state index < -0.39 is 5.97 Å². The molecule has 2 rings (SSSR count). The quantitative estimate of drug-likeness (QED) is 0.861. The molecule has 1 aromatic carbocycles. The van der Waals surface area contributed by atoms with E-state index in [0.717, 1.165) is 17.5 Å². The maximum atomic E-state index is 10.6. The van der Waals surface area contributed by atoms with E-state index in [4.69, 9.17) is 5.11 Å². The number of aromatic nitrogens is 4. The Bertz CT molecular complexity index is 551. The van der Waals surface area contributed by atoms with E-state index in [1.54, 1.807) is 0 Å². The summed E-state index contributed by atoms with van der Waals surface area (Å²) in [5.74, 6) is -0.242. The van der Waals surface area contributed by atoms with Crippen LogP contribution in [0.15, 0.2) is 24.3 Å². The Hall–Kier alpha value is -2.24. The summed E-state index contributed by atoms with van der Waals surface area (Å²) in [6.45, 7) is 2.33. The van der Waals surface area contributed by atoms with Gasteiger partial charge < -0.3 is 5.11 Å². The van der Waals surface area contributed by atoms with Crippen LogP contribution in [0.3, 0.4) is 0 Å². The predicted molar refractivity (Wildman–Crippen MR) is 64.9 cm³/mol. The van der Waals surface area contributed by atoms with Gasteiger partial charge in [-0.25, -0.2) is 4.68 Å². The first-order valence-electron chi connectivity index (χ1n) is 5.78. The van der Waals surface area contributed by atoms with E-state index >= 15 is 0 Å². The molecule has 6 heteroatoms. The molecule has 0 aliphatic rings. The normalized spacial score (nSPS) is 10.5. The third-order valence-electron chi connectivity index (χ3n) is 2.71. The molecule has 0 spiro atoms. The first-order valence-corrected chi connectivity index (χ1v) is 5.78. The SMILES string of the molecule is CCc1ccccc1-c1nnnn1CCC(=O)O. The Morgan fingerprint density at radius 1 is 1.39 bits per heavy atom. The highest BCUT2D eigenvalue weighted by atomic mass is 16.4. The van der Waals surface area contributed by atoms with Gasteiger partial charge in [0.15, 0.2) is 5.82 Å². The van der Waals surface area contributed by atoms with Crippen LogP contribution in [0.2, 0.25) is 0 Å².